The number of benzene rings is 2. The molecule has 1 aromatic heterocycles. The number of aromatic nitrogens is 2. The zero-order valence-electron chi connectivity index (χ0n) is 19.8. The molecule has 2 aromatic carbocycles. The second-order valence-electron chi connectivity index (χ2n) is 8.06. The molecule has 0 aliphatic carbocycles. The van der Waals surface area contributed by atoms with Gasteiger partial charge in [0.15, 0.2) is 5.82 Å². The zero-order chi connectivity index (χ0) is 25.5. The van der Waals surface area contributed by atoms with Crippen molar-refractivity contribution in [2.75, 3.05) is 55.7 Å². The Balaban J connectivity index is 1.80. The van der Waals surface area contributed by atoms with E-state index in [1.165, 1.54) is 12.1 Å². The molecular formula is C24H29ClFN7OS. The first-order chi connectivity index (χ1) is 16.7. The molecule has 35 heavy (non-hydrogen) atoms. The zero-order valence-corrected chi connectivity index (χ0v) is 21.4. The molecule has 0 aliphatic rings. The van der Waals surface area contributed by atoms with E-state index in [1.54, 1.807) is 13.0 Å². The molecule has 0 saturated carbocycles. The van der Waals surface area contributed by atoms with E-state index >= 15 is 0 Å². The maximum Gasteiger partial charge on any atom is 0.163 e. The van der Waals surface area contributed by atoms with Gasteiger partial charge in [-0.05, 0) is 68.4 Å². The number of nitrogens with two attached hydrogens (primary N) is 1. The highest BCUT2D eigenvalue weighted by atomic mass is 35.5. The lowest BCUT2D eigenvalue weighted by atomic mass is 10.1. The Morgan fingerprint density at radius 2 is 1.86 bits per heavy atom. The molecule has 0 atom stereocenters. The van der Waals surface area contributed by atoms with Crippen molar-refractivity contribution in [1.29, 1.82) is 5.41 Å². The molecule has 0 fully saturated rings. The average molecular weight is 518 g/mol. The highest BCUT2D eigenvalue weighted by Gasteiger charge is 2.19. The summed E-state index contributed by atoms with van der Waals surface area (Å²) in [7, 11) is 3.82. The van der Waals surface area contributed by atoms with Crippen molar-refractivity contribution in [3.05, 3.63) is 58.9 Å². The number of nitrogen functional groups attached to an aromatic ring is 1. The van der Waals surface area contributed by atoms with Gasteiger partial charge >= 0.3 is 0 Å². The van der Waals surface area contributed by atoms with E-state index in [-0.39, 0.29) is 24.0 Å². The van der Waals surface area contributed by atoms with Gasteiger partial charge in [-0.15, -0.1) is 0 Å². The molecule has 3 rings (SSSR count). The normalized spacial score (nSPS) is 11.1. The van der Waals surface area contributed by atoms with E-state index in [0.29, 0.717) is 46.8 Å². The average Bonchev–Trinajstić information content (AvgIpc) is 2.82. The van der Waals surface area contributed by atoms with E-state index < -0.39 is 0 Å². The molecule has 0 saturated heterocycles. The summed E-state index contributed by atoms with van der Waals surface area (Å²) in [4.78, 5) is 13.5. The fourth-order valence-corrected chi connectivity index (χ4v) is 4.25. The van der Waals surface area contributed by atoms with Crippen LogP contribution in [0.4, 0.5) is 21.7 Å². The topological polar surface area (TPSA) is 114 Å². The molecule has 186 valence electrons. The Bertz CT molecular complexity index is 1180. The lowest BCUT2D eigenvalue weighted by Crippen LogP contribution is -2.33. The minimum absolute atomic E-state index is 0.0903. The van der Waals surface area contributed by atoms with Gasteiger partial charge < -0.3 is 30.8 Å². The third-order valence-electron chi connectivity index (χ3n) is 5.27. The van der Waals surface area contributed by atoms with E-state index in [2.05, 4.69) is 9.71 Å². The van der Waals surface area contributed by atoms with Crippen molar-refractivity contribution in [1.82, 2.24) is 14.9 Å². The van der Waals surface area contributed by atoms with Gasteiger partial charge in [-0.2, -0.15) is 0 Å². The van der Waals surface area contributed by atoms with Crippen LogP contribution in [0.25, 0.3) is 11.4 Å². The molecule has 0 unspecified atom stereocenters. The molecule has 11 heteroatoms. The molecule has 5 N–H and O–H groups in total. The van der Waals surface area contributed by atoms with Crippen molar-refractivity contribution in [2.24, 2.45) is 0 Å². The highest BCUT2D eigenvalue weighted by molar-refractivity contribution is 8.00. The van der Waals surface area contributed by atoms with Gasteiger partial charge in [0.2, 0.25) is 0 Å². The number of hydrogen-bond acceptors (Lipinski definition) is 9. The quantitative estimate of drug-likeness (QED) is 0.219. The summed E-state index contributed by atoms with van der Waals surface area (Å²) < 4.78 is 17.0. The minimum Gasteiger partial charge on any atom is -0.395 e. The predicted octanol–water partition coefficient (Wildman–Crippen LogP) is 4.39. The van der Waals surface area contributed by atoms with Gasteiger partial charge in [0.1, 0.15) is 17.5 Å². The number of halogens is 2. The minimum atomic E-state index is -0.354. The summed E-state index contributed by atoms with van der Waals surface area (Å²) in [6.07, 6.45) is 0. The lowest BCUT2D eigenvalue weighted by molar-refractivity contribution is 0.224. The first-order valence-electron chi connectivity index (χ1n) is 10.9. The third-order valence-corrected chi connectivity index (χ3v) is 6.37. The number of hydrogen-bond donors (Lipinski definition) is 4. The number of rotatable bonds is 11. The van der Waals surface area contributed by atoms with Crippen molar-refractivity contribution in [3.63, 3.8) is 0 Å². The molecule has 8 nitrogen and oxygen atoms in total. The van der Waals surface area contributed by atoms with Gasteiger partial charge in [0.25, 0.3) is 0 Å². The Morgan fingerprint density at radius 3 is 2.51 bits per heavy atom. The van der Waals surface area contributed by atoms with Crippen LogP contribution in [-0.2, 0) is 0 Å². The number of aliphatic hydroxyl groups excluding tert-OH is 1. The summed E-state index contributed by atoms with van der Waals surface area (Å²) in [5.41, 5.74) is 8.55. The fourth-order valence-electron chi connectivity index (χ4n) is 3.30. The van der Waals surface area contributed by atoms with E-state index in [1.807, 2.05) is 48.2 Å². The number of nitrogens with one attached hydrogen (secondary N) is 2. The van der Waals surface area contributed by atoms with Gasteiger partial charge in [0.05, 0.1) is 17.1 Å². The molecular weight excluding hydrogens is 489 g/mol. The number of nitrogens with zero attached hydrogens (tertiary/aromatic N) is 4. The van der Waals surface area contributed by atoms with Crippen LogP contribution in [0.5, 0.6) is 0 Å². The van der Waals surface area contributed by atoms with E-state index in [0.717, 1.165) is 23.2 Å². The van der Waals surface area contributed by atoms with Crippen LogP contribution < -0.4 is 15.4 Å². The third kappa shape index (κ3) is 7.04. The highest BCUT2D eigenvalue weighted by Crippen LogP contribution is 2.30. The van der Waals surface area contributed by atoms with Gasteiger partial charge in [-0.25, -0.2) is 14.4 Å². The Labute approximate surface area is 214 Å². The molecule has 0 bridgehead atoms. The monoisotopic (exact) mass is 517 g/mol. The number of aliphatic hydroxyl groups is 1. The molecule has 1 heterocycles. The van der Waals surface area contributed by atoms with Crippen LogP contribution in [0.3, 0.4) is 0 Å². The Hall–Kier alpha value is -2.92. The SMILES string of the molecule is CC(=N)c1c(N)nc(-c2ccc(NSc3cc(Cl)ccc3F)cc2)nc1N(C)CCN(C)CCO. The van der Waals surface area contributed by atoms with Crippen LogP contribution in [0.1, 0.15) is 12.5 Å². The van der Waals surface area contributed by atoms with E-state index in [9.17, 15) is 4.39 Å². The Morgan fingerprint density at radius 1 is 1.14 bits per heavy atom. The molecule has 0 spiro atoms. The number of anilines is 3. The first kappa shape index (κ1) is 26.7. The maximum atomic E-state index is 13.9. The van der Waals surface area contributed by atoms with Crippen LogP contribution in [-0.4, -0.2) is 66.0 Å². The molecule has 0 amide bonds. The van der Waals surface area contributed by atoms with Gasteiger partial charge in [-0.1, -0.05) is 11.6 Å². The molecule has 3 aromatic rings. The van der Waals surface area contributed by atoms with Crippen molar-refractivity contribution in [2.45, 2.75) is 11.8 Å². The van der Waals surface area contributed by atoms with Crippen molar-refractivity contribution in [3.8, 4) is 11.4 Å². The summed E-state index contributed by atoms with van der Waals surface area (Å²) in [5, 5.41) is 17.7. The summed E-state index contributed by atoms with van der Waals surface area (Å²) in [6.45, 7) is 3.66. The fraction of sp³-hybridized carbons (Fsp3) is 0.292. The second kappa shape index (κ2) is 12.2. The lowest BCUT2D eigenvalue weighted by Gasteiger charge is -2.25. The van der Waals surface area contributed by atoms with Crippen LogP contribution in [0, 0.1) is 11.2 Å². The van der Waals surface area contributed by atoms with Crippen molar-refractivity contribution < 1.29 is 9.50 Å². The standard InChI is InChI=1S/C24H29ClFN7OS/c1-15(27)21-22(28)29-23(30-24(21)33(3)11-10-32(2)12-13-34)16-4-7-18(8-5-16)31-35-20-14-17(25)6-9-19(20)26/h4-9,14,27,31,34H,10-13H2,1-3H3,(H2,28,29,30). The van der Waals surface area contributed by atoms with Crippen molar-refractivity contribution >= 4 is 46.6 Å². The second-order valence-corrected chi connectivity index (χ2v) is 9.35. The van der Waals surface area contributed by atoms with Crippen LogP contribution >= 0.6 is 23.5 Å². The molecule has 0 aliphatic heterocycles. The van der Waals surface area contributed by atoms with E-state index in [4.69, 9.17) is 32.8 Å². The summed E-state index contributed by atoms with van der Waals surface area (Å²) >= 11 is 7.08. The smallest absolute Gasteiger partial charge is 0.163 e. The largest absolute Gasteiger partial charge is 0.395 e. The predicted molar refractivity (Wildman–Crippen MR) is 143 cm³/mol. The molecule has 0 radical (unpaired) electrons. The summed E-state index contributed by atoms with van der Waals surface area (Å²) in [5.74, 6) is 0.903. The first-order valence-corrected chi connectivity index (χ1v) is 12.1. The van der Waals surface area contributed by atoms with Crippen LogP contribution in [0.2, 0.25) is 5.02 Å². The maximum absolute atomic E-state index is 13.9. The van der Waals surface area contributed by atoms with Gasteiger partial charge in [0, 0.05) is 48.7 Å². The summed E-state index contributed by atoms with van der Waals surface area (Å²) in [6, 6.07) is 11.8. The van der Waals surface area contributed by atoms with Crippen LogP contribution in [0.15, 0.2) is 47.4 Å². The van der Waals surface area contributed by atoms with Gasteiger partial charge in [-0.3, -0.25) is 0 Å². The number of likely N-dealkylation sites (N-methyl/N-ethyl adjacent to an activating group) is 2. The Kier molecular flexibility index (Phi) is 9.27.